The number of pyridine rings is 1. The van der Waals surface area contributed by atoms with Gasteiger partial charge in [-0.1, -0.05) is 55.3 Å². The number of carboxylic acids is 1. The van der Waals surface area contributed by atoms with Crippen LogP contribution >= 0.6 is 0 Å². The number of benzene rings is 2. The zero-order valence-electron chi connectivity index (χ0n) is 29.5. The van der Waals surface area contributed by atoms with Crippen molar-refractivity contribution >= 4 is 34.8 Å². The van der Waals surface area contributed by atoms with Crippen molar-refractivity contribution in [2.75, 3.05) is 13.7 Å². The van der Waals surface area contributed by atoms with Gasteiger partial charge in [-0.05, 0) is 58.6 Å². The molecule has 1 saturated heterocycles. The molecule has 3 N–H and O–H groups in total. The van der Waals surface area contributed by atoms with Crippen LogP contribution in [0.3, 0.4) is 0 Å². The molecule has 1 saturated carbocycles. The Balaban J connectivity index is 1.34. The number of aliphatic carboxylic acids is 1. The van der Waals surface area contributed by atoms with Gasteiger partial charge in [0.1, 0.15) is 40.8 Å². The maximum Gasteiger partial charge on any atom is 0.408 e. The van der Waals surface area contributed by atoms with Crippen LogP contribution in [0.15, 0.2) is 66.7 Å². The van der Waals surface area contributed by atoms with Crippen LogP contribution in [0.25, 0.3) is 22.2 Å². The second-order valence-electron chi connectivity index (χ2n) is 14.6. The molecule has 1 aliphatic carbocycles. The number of rotatable bonds is 6. The number of hydrogen-bond donors (Lipinski definition) is 3. The molecule has 3 heterocycles. The van der Waals surface area contributed by atoms with Gasteiger partial charge in [-0.15, -0.1) is 0 Å². The lowest BCUT2D eigenvalue weighted by atomic mass is 10.0. The Morgan fingerprint density at radius 2 is 1.84 bits per heavy atom. The van der Waals surface area contributed by atoms with Crippen molar-refractivity contribution in [3.8, 4) is 22.8 Å². The summed E-state index contributed by atoms with van der Waals surface area (Å²) in [6.07, 6.45) is 6.22. The van der Waals surface area contributed by atoms with Gasteiger partial charge in [0.25, 0.3) is 0 Å². The van der Waals surface area contributed by atoms with E-state index in [2.05, 4.69) is 10.6 Å². The Hall–Kier alpha value is -5.13. The van der Waals surface area contributed by atoms with E-state index in [0.717, 1.165) is 30.2 Å². The molecule has 2 aliphatic heterocycles. The largest absolute Gasteiger partial charge is 0.497 e. The third-order valence-electron chi connectivity index (χ3n) is 9.65. The number of fused-ring (bicyclic) bond motifs is 3. The fourth-order valence-corrected chi connectivity index (χ4v) is 6.93. The van der Waals surface area contributed by atoms with Crippen molar-refractivity contribution in [3.05, 3.63) is 66.7 Å². The number of methoxy groups -OCH3 is 1. The van der Waals surface area contributed by atoms with Gasteiger partial charge in [0.05, 0.1) is 24.9 Å². The normalized spacial score (nSPS) is 26.1. The number of aromatic nitrogens is 1. The minimum absolute atomic E-state index is 0.0352. The van der Waals surface area contributed by atoms with Crippen LogP contribution in [0.2, 0.25) is 0 Å². The number of alkyl carbamates (subject to hydrolysis) is 1. The Morgan fingerprint density at radius 1 is 1.06 bits per heavy atom. The molecule has 51 heavy (non-hydrogen) atoms. The Kier molecular flexibility index (Phi) is 10.2. The van der Waals surface area contributed by atoms with Crippen LogP contribution in [0, 0.1) is 5.92 Å². The number of carboxylic acid groups (broad SMARTS) is 1. The van der Waals surface area contributed by atoms with Gasteiger partial charge in [-0.2, -0.15) is 0 Å². The fraction of sp³-hybridized carbons (Fsp3) is 0.462. The zero-order valence-corrected chi connectivity index (χ0v) is 29.5. The number of nitrogens with one attached hydrogen (secondary N) is 2. The molecule has 0 radical (unpaired) electrons. The lowest BCUT2D eigenvalue weighted by Crippen LogP contribution is -2.56. The lowest BCUT2D eigenvalue weighted by molar-refractivity contribution is -0.145. The Morgan fingerprint density at radius 3 is 2.57 bits per heavy atom. The molecular formula is C39H46N4O8. The van der Waals surface area contributed by atoms with E-state index in [1.54, 1.807) is 27.9 Å². The van der Waals surface area contributed by atoms with E-state index in [-0.39, 0.29) is 25.3 Å². The molecule has 3 aliphatic rings. The van der Waals surface area contributed by atoms with Gasteiger partial charge >= 0.3 is 12.1 Å². The molecule has 3 amide bonds. The molecule has 12 heteroatoms. The maximum absolute atomic E-state index is 14.4. The second kappa shape index (κ2) is 14.6. The summed E-state index contributed by atoms with van der Waals surface area (Å²) in [5, 5.41) is 16.5. The highest BCUT2D eigenvalue weighted by Crippen LogP contribution is 2.45. The monoisotopic (exact) mass is 698 g/mol. The van der Waals surface area contributed by atoms with Crippen molar-refractivity contribution in [1.29, 1.82) is 0 Å². The van der Waals surface area contributed by atoms with Crippen molar-refractivity contribution < 1.29 is 38.5 Å². The van der Waals surface area contributed by atoms with E-state index >= 15 is 0 Å². The van der Waals surface area contributed by atoms with Gasteiger partial charge in [0, 0.05) is 35.4 Å². The molecule has 0 bridgehead atoms. The van der Waals surface area contributed by atoms with E-state index in [4.69, 9.17) is 19.2 Å². The molecule has 5 atom stereocenters. The Bertz CT molecular complexity index is 1820. The summed E-state index contributed by atoms with van der Waals surface area (Å²) in [4.78, 5) is 60.2. The number of ether oxygens (including phenoxy) is 3. The first-order valence-corrected chi connectivity index (χ1v) is 17.6. The predicted octanol–water partition coefficient (Wildman–Crippen LogP) is 5.63. The van der Waals surface area contributed by atoms with Crippen LogP contribution in [0.4, 0.5) is 4.79 Å². The standard InChI is InChI=1S/C39H46N4O8/c1-38(2,3)51-37(48)41-29-16-12-7-5-6-11-15-25-22-39(25,36(46)47)42-34(44)32-20-27(23-43(32)35(29)45)50-33-21-30(24-13-9-8-10-14-24)40-31-19-26(49-4)17-18-28(31)33/h8-11,13-15,17-19,21,25,27,29,32H,5-7,12,16,20,22-23H2,1-4H3,(H,41,48)(H,42,44)(H,46,47)/b15-11-/t25?,27-,29+,32+,39+/m1/s1. The average molecular weight is 699 g/mol. The smallest absolute Gasteiger partial charge is 0.408 e. The van der Waals surface area contributed by atoms with Gasteiger partial charge in [0.15, 0.2) is 0 Å². The van der Waals surface area contributed by atoms with E-state index in [0.29, 0.717) is 35.6 Å². The third kappa shape index (κ3) is 8.10. The summed E-state index contributed by atoms with van der Waals surface area (Å²) in [7, 11) is 1.58. The Labute approximate surface area is 297 Å². The molecule has 3 aromatic rings. The van der Waals surface area contributed by atoms with Crippen molar-refractivity contribution in [1.82, 2.24) is 20.5 Å². The first-order valence-electron chi connectivity index (χ1n) is 17.6. The van der Waals surface area contributed by atoms with Gasteiger partial charge < -0.3 is 34.9 Å². The highest BCUT2D eigenvalue weighted by molar-refractivity contribution is 5.96. The van der Waals surface area contributed by atoms with Crippen LogP contribution in [0.5, 0.6) is 11.5 Å². The highest BCUT2D eigenvalue weighted by atomic mass is 16.6. The van der Waals surface area contributed by atoms with Crippen molar-refractivity contribution in [3.63, 3.8) is 0 Å². The SMILES string of the molecule is COc1ccc2c(O[C@@H]3C[C@H]4C(=O)N[C@@]5(C(=O)O)CC5/C=C\CCCCC[C@H](NC(=O)OC(C)(C)C)C(=O)N4C3)cc(-c3ccccc3)nc2c1. The summed E-state index contributed by atoms with van der Waals surface area (Å²) in [6, 6.07) is 15.0. The van der Waals surface area contributed by atoms with Crippen LogP contribution < -0.4 is 20.1 Å². The van der Waals surface area contributed by atoms with Crippen LogP contribution in [-0.2, 0) is 19.1 Å². The molecule has 2 fully saturated rings. The highest BCUT2D eigenvalue weighted by Gasteiger charge is 2.61. The molecule has 1 unspecified atom stereocenters. The number of carbonyl (C=O) groups excluding carboxylic acids is 3. The van der Waals surface area contributed by atoms with Gasteiger partial charge in [-0.25, -0.2) is 14.6 Å². The lowest BCUT2D eigenvalue weighted by Gasteiger charge is -2.30. The number of hydrogen-bond acceptors (Lipinski definition) is 8. The molecule has 12 nitrogen and oxygen atoms in total. The van der Waals surface area contributed by atoms with E-state index < -0.39 is 53.2 Å². The van der Waals surface area contributed by atoms with Crippen LogP contribution in [0.1, 0.15) is 65.7 Å². The average Bonchev–Trinajstić information content (AvgIpc) is 3.63. The summed E-state index contributed by atoms with van der Waals surface area (Å²) in [5.74, 6) is -1.35. The van der Waals surface area contributed by atoms with Gasteiger partial charge in [0.2, 0.25) is 11.8 Å². The first-order chi connectivity index (χ1) is 24.4. The summed E-state index contributed by atoms with van der Waals surface area (Å²) in [6.45, 7) is 5.26. The molecule has 2 aromatic carbocycles. The predicted molar refractivity (Wildman–Crippen MR) is 190 cm³/mol. The maximum atomic E-state index is 14.4. The molecule has 270 valence electrons. The fourth-order valence-electron chi connectivity index (χ4n) is 6.93. The minimum Gasteiger partial charge on any atom is -0.497 e. The minimum atomic E-state index is -1.44. The number of allylic oxidation sites excluding steroid dienone is 1. The third-order valence-corrected chi connectivity index (χ3v) is 9.65. The summed E-state index contributed by atoms with van der Waals surface area (Å²) >= 11 is 0. The second-order valence-corrected chi connectivity index (χ2v) is 14.6. The van der Waals surface area contributed by atoms with E-state index in [1.165, 1.54) is 4.90 Å². The van der Waals surface area contributed by atoms with Crippen molar-refractivity contribution in [2.24, 2.45) is 5.92 Å². The molecular weight excluding hydrogens is 652 g/mol. The van der Waals surface area contributed by atoms with E-state index in [9.17, 15) is 24.3 Å². The topological polar surface area (TPSA) is 156 Å². The molecule has 0 spiro atoms. The first kappa shape index (κ1) is 35.7. The van der Waals surface area contributed by atoms with Gasteiger partial charge in [-0.3, -0.25) is 9.59 Å². The van der Waals surface area contributed by atoms with Crippen LogP contribution in [-0.4, -0.2) is 81.8 Å². The van der Waals surface area contributed by atoms with E-state index in [1.807, 2.05) is 66.7 Å². The molecule has 1 aromatic heterocycles. The quantitative estimate of drug-likeness (QED) is 0.278. The number of carbonyl (C=O) groups is 4. The summed E-state index contributed by atoms with van der Waals surface area (Å²) < 4.78 is 17.6. The van der Waals surface area contributed by atoms with Crippen molar-refractivity contribution in [2.45, 2.75) is 95.0 Å². The zero-order chi connectivity index (χ0) is 36.3. The summed E-state index contributed by atoms with van der Waals surface area (Å²) in [5.41, 5.74) is -0.0312. The molecule has 6 rings (SSSR count). The number of amides is 3. The number of nitrogens with zero attached hydrogens (tertiary/aromatic N) is 2.